The highest BCUT2D eigenvalue weighted by Gasteiger charge is 2.49. The molecule has 0 aromatic rings. The van der Waals surface area contributed by atoms with Crippen LogP contribution in [0.4, 0.5) is 0 Å². The molecule has 0 N–H and O–H groups in total. The molecule has 0 amide bonds. The van der Waals surface area contributed by atoms with Crippen LogP contribution in [0.2, 0.25) is 0 Å². The van der Waals surface area contributed by atoms with Gasteiger partial charge >= 0.3 is 7.82 Å². The number of phosphoric ester groups is 1. The van der Waals surface area contributed by atoms with Gasteiger partial charge in [0.2, 0.25) is 0 Å². The zero-order valence-corrected chi connectivity index (χ0v) is 9.63. The van der Waals surface area contributed by atoms with Crippen molar-refractivity contribution in [2.75, 3.05) is 0 Å². The van der Waals surface area contributed by atoms with Crippen molar-refractivity contribution in [2.45, 2.75) is 52.4 Å². The first-order chi connectivity index (χ1) is 5.75. The summed E-state index contributed by atoms with van der Waals surface area (Å²) in [7, 11) is -3.30. The second-order valence-corrected chi connectivity index (χ2v) is 5.54. The lowest BCUT2D eigenvalue weighted by Gasteiger charge is -2.18. The Kier molecular flexibility index (Phi) is 2.89. The fourth-order valence-electron chi connectivity index (χ4n) is 1.01. The predicted octanol–water partition coefficient (Wildman–Crippen LogP) is 2.73. The first-order valence-electron chi connectivity index (χ1n) is 4.43. The summed E-state index contributed by atoms with van der Waals surface area (Å²) in [5.41, 5.74) is -0.537. The van der Waals surface area contributed by atoms with Crippen LogP contribution in [0.3, 0.4) is 0 Å². The Labute approximate surface area is 79.2 Å². The maximum atomic E-state index is 11.8. The molecule has 0 radical (unpaired) electrons. The summed E-state index contributed by atoms with van der Waals surface area (Å²) in [6.45, 7) is 9.08. The molecule has 5 heteroatoms. The third-order valence-corrected chi connectivity index (χ3v) is 3.90. The fraction of sp³-hybridized carbons (Fsp3) is 1.00. The summed E-state index contributed by atoms with van der Waals surface area (Å²) in [4.78, 5) is 0. The van der Waals surface area contributed by atoms with Crippen LogP contribution < -0.4 is 0 Å². The van der Waals surface area contributed by atoms with Crippen molar-refractivity contribution < 1.29 is 18.1 Å². The van der Waals surface area contributed by atoms with Gasteiger partial charge in [0.15, 0.2) is 0 Å². The van der Waals surface area contributed by atoms with Gasteiger partial charge in [0.1, 0.15) is 5.60 Å². The Balaban J connectivity index is 2.71. The van der Waals surface area contributed by atoms with Gasteiger partial charge in [-0.3, -0.25) is 13.6 Å². The van der Waals surface area contributed by atoms with Gasteiger partial charge in [-0.1, -0.05) is 0 Å². The molecule has 0 aromatic carbocycles. The highest BCUT2D eigenvalue weighted by atomic mass is 31.2. The molecular weight excluding hydrogens is 191 g/mol. The lowest BCUT2D eigenvalue weighted by atomic mass is 10.0. The summed E-state index contributed by atoms with van der Waals surface area (Å²) in [5.74, 6) is 0. The van der Waals surface area contributed by atoms with E-state index >= 15 is 0 Å². The number of hydrogen-bond donors (Lipinski definition) is 0. The number of phosphoric acid groups is 1. The topological polar surface area (TPSA) is 44.8 Å². The summed E-state index contributed by atoms with van der Waals surface area (Å²) in [5, 5.41) is 0. The van der Waals surface area contributed by atoms with Crippen LogP contribution in [0, 0.1) is 0 Å². The molecule has 4 nitrogen and oxygen atoms in total. The lowest BCUT2D eigenvalue weighted by molar-refractivity contribution is 0.0786. The molecule has 2 atom stereocenters. The first kappa shape index (κ1) is 11.2. The van der Waals surface area contributed by atoms with E-state index in [1.54, 1.807) is 13.8 Å². The van der Waals surface area contributed by atoms with Crippen molar-refractivity contribution in [3.05, 3.63) is 0 Å². The van der Waals surface area contributed by atoms with E-state index in [0.29, 0.717) is 0 Å². The van der Waals surface area contributed by atoms with Crippen molar-refractivity contribution >= 4 is 7.82 Å². The molecule has 1 aliphatic rings. The molecule has 13 heavy (non-hydrogen) atoms. The molecule has 78 valence electrons. The largest absolute Gasteiger partial charge is 0.476 e. The van der Waals surface area contributed by atoms with Gasteiger partial charge in [0.05, 0.1) is 12.2 Å². The minimum Gasteiger partial charge on any atom is -0.284 e. The molecule has 1 fully saturated rings. The molecular formula is C8H17O4P. The SMILES string of the molecule is CC(C)OP1(=O)OC(C)C(C)(C)O1. The van der Waals surface area contributed by atoms with E-state index in [4.69, 9.17) is 13.6 Å². The fourth-order valence-corrected chi connectivity index (χ4v) is 3.03. The van der Waals surface area contributed by atoms with Crippen LogP contribution >= 0.6 is 7.82 Å². The zero-order chi connectivity index (χ0) is 10.3. The van der Waals surface area contributed by atoms with E-state index in [1.807, 2.05) is 20.8 Å². The van der Waals surface area contributed by atoms with E-state index in [9.17, 15) is 4.57 Å². The van der Waals surface area contributed by atoms with Crippen LogP contribution in [0.5, 0.6) is 0 Å². The summed E-state index contributed by atoms with van der Waals surface area (Å²) >= 11 is 0. The molecule has 1 aliphatic heterocycles. The normalized spacial score (nSPS) is 38.5. The summed E-state index contributed by atoms with van der Waals surface area (Å²) < 4.78 is 27.4. The number of rotatable bonds is 2. The monoisotopic (exact) mass is 208 g/mol. The van der Waals surface area contributed by atoms with Crippen LogP contribution in [0.25, 0.3) is 0 Å². The van der Waals surface area contributed by atoms with Gasteiger partial charge < -0.3 is 0 Å². The van der Waals surface area contributed by atoms with Crippen LogP contribution in [0.1, 0.15) is 34.6 Å². The minimum atomic E-state index is -3.30. The molecule has 0 saturated carbocycles. The van der Waals surface area contributed by atoms with Crippen molar-refractivity contribution in [3.63, 3.8) is 0 Å². The Morgan fingerprint density at radius 1 is 1.46 bits per heavy atom. The molecule has 0 spiro atoms. The van der Waals surface area contributed by atoms with Gasteiger partial charge in [-0.25, -0.2) is 4.57 Å². The summed E-state index contributed by atoms with van der Waals surface area (Å²) in [6, 6.07) is 0. The van der Waals surface area contributed by atoms with Gasteiger partial charge in [-0.15, -0.1) is 0 Å². The highest BCUT2D eigenvalue weighted by Crippen LogP contribution is 2.61. The van der Waals surface area contributed by atoms with Gasteiger partial charge in [-0.05, 0) is 34.6 Å². The molecule has 1 saturated heterocycles. The van der Waals surface area contributed by atoms with E-state index in [-0.39, 0.29) is 12.2 Å². The van der Waals surface area contributed by atoms with E-state index in [2.05, 4.69) is 0 Å². The van der Waals surface area contributed by atoms with Crippen LogP contribution in [0.15, 0.2) is 0 Å². The van der Waals surface area contributed by atoms with E-state index < -0.39 is 13.4 Å². The Hall–Kier alpha value is 0.110. The quantitative estimate of drug-likeness (QED) is 0.654. The average Bonchev–Trinajstić information content (AvgIpc) is 1.98. The second-order valence-electron chi connectivity index (χ2n) is 4.04. The van der Waals surface area contributed by atoms with Crippen molar-refractivity contribution in [3.8, 4) is 0 Å². The van der Waals surface area contributed by atoms with Gasteiger partial charge in [0, 0.05) is 0 Å². The van der Waals surface area contributed by atoms with Crippen molar-refractivity contribution in [1.82, 2.24) is 0 Å². The molecule has 1 heterocycles. The first-order valence-corrected chi connectivity index (χ1v) is 5.89. The van der Waals surface area contributed by atoms with Crippen LogP contribution in [-0.4, -0.2) is 17.8 Å². The van der Waals surface area contributed by atoms with Crippen molar-refractivity contribution in [2.24, 2.45) is 0 Å². The predicted molar refractivity (Wildman–Crippen MR) is 49.5 cm³/mol. The lowest BCUT2D eigenvalue weighted by Crippen LogP contribution is -2.29. The number of hydrogen-bond acceptors (Lipinski definition) is 4. The highest BCUT2D eigenvalue weighted by molar-refractivity contribution is 7.48. The standard InChI is InChI=1S/C8H17O4P/c1-6(2)10-13(9)11-7(3)8(4,5)12-13/h6-7H,1-5H3. The Morgan fingerprint density at radius 2 is 2.00 bits per heavy atom. The molecule has 1 rings (SSSR count). The smallest absolute Gasteiger partial charge is 0.284 e. The minimum absolute atomic E-state index is 0.160. The maximum Gasteiger partial charge on any atom is 0.476 e. The third kappa shape index (κ3) is 2.53. The Bertz CT molecular complexity index is 236. The van der Waals surface area contributed by atoms with Gasteiger partial charge in [0.25, 0.3) is 0 Å². The maximum absolute atomic E-state index is 11.8. The average molecular weight is 208 g/mol. The van der Waals surface area contributed by atoms with Crippen molar-refractivity contribution in [1.29, 1.82) is 0 Å². The third-order valence-electron chi connectivity index (χ3n) is 1.95. The Morgan fingerprint density at radius 3 is 2.31 bits per heavy atom. The molecule has 2 unspecified atom stereocenters. The molecule has 0 aromatic heterocycles. The second kappa shape index (κ2) is 3.35. The summed E-state index contributed by atoms with van der Waals surface area (Å²) in [6.07, 6.45) is -0.371. The van der Waals surface area contributed by atoms with E-state index in [0.717, 1.165) is 0 Å². The van der Waals surface area contributed by atoms with Gasteiger partial charge in [-0.2, -0.15) is 0 Å². The van der Waals surface area contributed by atoms with Crippen LogP contribution in [-0.2, 0) is 18.1 Å². The molecule has 0 aliphatic carbocycles. The van der Waals surface area contributed by atoms with E-state index in [1.165, 1.54) is 0 Å². The molecule has 0 bridgehead atoms. The zero-order valence-electron chi connectivity index (χ0n) is 8.73.